The summed E-state index contributed by atoms with van der Waals surface area (Å²) < 4.78 is 27.3. The normalized spacial score (nSPS) is 12.3. The van der Waals surface area contributed by atoms with E-state index in [0.717, 1.165) is 143 Å². The van der Waals surface area contributed by atoms with Crippen LogP contribution < -0.4 is 0 Å². The van der Waals surface area contributed by atoms with Crippen molar-refractivity contribution < 1.29 is 17.7 Å². The maximum Gasteiger partial charge on any atom is 0.144 e. The molecule has 11 aromatic carbocycles. The lowest BCUT2D eigenvalue weighted by Crippen LogP contribution is -1.97. The van der Waals surface area contributed by atoms with Crippen LogP contribution in [0, 0.1) is 27.7 Å². The van der Waals surface area contributed by atoms with Crippen molar-refractivity contribution in [3.05, 3.63) is 204 Å². The molecule has 0 saturated carbocycles. The third-order valence-corrected chi connectivity index (χ3v) is 15.4. The van der Waals surface area contributed by atoms with Crippen LogP contribution in [0.3, 0.4) is 0 Å². The monoisotopic (exact) mass is 898 g/mol. The van der Waals surface area contributed by atoms with Crippen LogP contribution in [0.5, 0.6) is 0 Å². The van der Waals surface area contributed by atoms with Crippen molar-refractivity contribution in [1.29, 1.82) is 0 Å². The van der Waals surface area contributed by atoms with Gasteiger partial charge in [0.05, 0.1) is 0 Å². The fraction of sp³-hybridized carbons (Fsp3) is 0.0606. The standard InChI is InChI=1S/C66H42O4/c1-35-31-51(49-33-57-61(43-19-7-5-17-41(43)49)45-21-9-13-25-53(45)67-57)63-47-23-11-15-27-55(47)69-65(63)59(35)39-29-30-40(38(4)37(39)3)60-36(2)32-52(64-48-24-12-16-28-56(48)70-66(60)64)50-34-58-62(44-20-8-6-18-42(44)50)46-22-10-14-26-54(46)68-58/h5-34H,1-4H3. The molecule has 70 heavy (non-hydrogen) atoms. The predicted molar refractivity (Wildman–Crippen MR) is 291 cm³/mol. The molecule has 0 fully saturated rings. The number of hydrogen-bond donors (Lipinski definition) is 0. The van der Waals surface area contributed by atoms with E-state index >= 15 is 0 Å². The van der Waals surface area contributed by atoms with Gasteiger partial charge < -0.3 is 17.7 Å². The molecule has 4 heterocycles. The van der Waals surface area contributed by atoms with E-state index in [2.05, 4.69) is 198 Å². The topological polar surface area (TPSA) is 52.6 Å². The molecule has 0 radical (unpaired) electrons. The first kappa shape index (κ1) is 39.2. The first-order valence-electron chi connectivity index (χ1n) is 24.1. The number of fused-ring (bicyclic) bond motifs is 16. The number of rotatable bonds is 4. The molecule has 0 amide bonds. The quantitative estimate of drug-likeness (QED) is 0.177. The number of hydrogen-bond acceptors (Lipinski definition) is 4. The Morgan fingerprint density at radius 1 is 0.243 bits per heavy atom. The van der Waals surface area contributed by atoms with Gasteiger partial charge >= 0.3 is 0 Å². The van der Waals surface area contributed by atoms with Gasteiger partial charge in [-0.15, -0.1) is 0 Å². The zero-order valence-electron chi connectivity index (χ0n) is 39.0. The minimum Gasteiger partial charge on any atom is -0.456 e. The maximum absolute atomic E-state index is 7.03. The Morgan fingerprint density at radius 3 is 0.943 bits per heavy atom. The van der Waals surface area contributed by atoms with E-state index in [1.807, 2.05) is 12.1 Å². The minimum atomic E-state index is 0.862. The summed E-state index contributed by atoms with van der Waals surface area (Å²) in [6.07, 6.45) is 0. The molecule has 0 N–H and O–H groups in total. The third kappa shape index (κ3) is 5.30. The van der Waals surface area contributed by atoms with E-state index in [-0.39, 0.29) is 0 Å². The van der Waals surface area contributed by atoms with Crippen LogP contribution in [-0.4, -0.2) is 0 Å². The molecule has 15 aromatic rings. The Balaban J connectivity index is 0.949. The highest BCUT2D eigenvalue weighted by molar-refractivity contribution is 6.27. The van der Waals surface area contributed by atoms with Gasteiger partial charge in [-0.2, -0.15) is 0 Å². The Hall–Kier alpha value is -8.86. The molecule has 0 bridgehead atoms. The van der Waals surface area contributed by atoms with Crippen molar-refractivity contribution in [1.82, 2.24) is 0 Å². The third-order valence-electron chi connectivity index (χ3n) is 15.4. The van der Waals surface area contributed by atoms with Gasteiger partial charge in [-0.3, -0.25) is 0 Å². The van der Waals surface area contributed by atoms with Gasteiger partial charge in [-0.05, 0) is 153 Å². The summed E-state index contributed by atoms with van der Waals surface area (Å²) in [4.78, 5) is 0. The van der Waals surface area contributed by atoms with Crippen molar-refractivity contribution in [2.45, 2.75) is 27.7 Å². The molecule has 4 nitrogen and oxygen atoms in total. The smallest absolute Gasteiger partial charge is 0.144 e. The molecule has 4 aromatic heterocycles. The van der Waals surface area contributed by atoms with Crippen LogP contribution in [0.2, 0.25) is 0 Å². The van der Waals surface area contributed by atoms with Gasteiger partial charge in [0.25, 0.3) is 0 Å². The van der Waals surface area contributed by atoms with Gasteiger partial charge in [0.1, 0.15) is 44.7 Å². The van der Waals surface area contributed by atoms with E-state index in [9.17, 15) is 0 Å². The van der Waals surface area contributed by atoms with Crippen molar-refractivity contribution in [3.8, 4) is 44.5 Å². The van der Waals surface area contributed by atoms with E-state index in [1.54, 1.807) is 0 Å². The molecular weight excluding hydrogens is 857 g/mol. The summed E-state index contributed by atoms with van der Waals surface area (Å²) >= 11 is 0. The molecule has 0 aliphatic carbocycles. The molecular formula is C66H42O4. The largest absolute Gasteiger partial charge is 0.456 e. The molecule has 15 rings (SSSR count). The molecule has 0 spiro atoms. The first-order chi connectivity index (χ1) is 34.4. The number of furan rings is 4. The first-order valence-corrected chi connectivity index (χ1v) is 24.1. The number of benzene rings is 11. The highest BCUT2D eigenvalue weighted by atomic mass is 16.3. The second kappa shape index (κ2) is 14.3. The Labute approximate surface area is 401 Å². The van der Waals surface area contributed by atoms with Crippen LogP contribution in [0.4, 0.5) is 0 Å². The van der Waals surface area contributed by atoms with Crippen molar-refractivity contribution >= 4 is 109 Å². The van der Waals surface area contributed by atoms with Gasteiger partial charge in [-0.1, -0.05) is 133 Å². The summed E-state index contributed by atoms with van der Waals surface area (Å²) in [6.45, 7) is 8.97. The molecule has 330 valence electrons. The van der Waals surface area contributed by atoms with E-state index in [0.29, 0.717) is 0 Å². The minimum absolute atomic E-state index is 0.862. The molecule has 0 saturated heterocycles. The number of aryl methyl sites for hydroxylation is 2. The zero-order valence-corrected chi connectivity index (χ0v) is 39.0. The molecule has 0 aliphatic rings. The molecule has 0 unspecified atom stereocenters. The Morgan fingerprint density at radius 2 is 0.557 bits per heavy atom. The van der Waals surface area contributed by atoms with E-state index in [1.165, 1.54) is 32.7 Å². The predicted octanol–water partition coefficient (Wildman–Crippen LogP) is 19.5. The summed E-state index contributed by atoms with van der Waals surface area (Å²) in [6, 6.07) is 64.8. The summed E-state index contributed by atoms with van der Waals surface area (Å²) in [7, 11) is 0. The summed E-state index contributed by atoms with van der Waals surface area (Å²) in [5.74, 6) is 0. The summed E-state index contributed by atoms with van der Waals surface area (Å²) in [5.41, 5.74) is 20.7. The van der Waals surface area contributed by atoms with Gasteiger partial charge in [0.15, 0.2) is 0 Å². The van der Waals surface area contributed by atoms with Crippen LogP contribution >= 0.6 is 0 Å². The van der Waals surface area contributed by atoms with Gasteiger partial charge in [-0.25, -0.2) is 0 Å². The lowest BCUT2D eigenvalue weighted by Gasteiger charge is -2.19. The van der Waals surface area contributed by atoms with Crippen LogP contribution in [0.1, 0.15) is 22.3 Å². The Kier molecular flexibility index (Phi) is 8.02. The van der Waals surface area contributed by atoms with Crippen molar-refractivity contribution in [2.24, 2.45) is 0 Å². The second-order valence-electron chi connectivity index (χ2n) is 19.1. The van der Waals surface area contributed by atoms with E-state index in [4.69, 9.17) is 17.7 Å². The molecule has 0 atom stereocenters. The highest BCUT2D eigenvalue weighted by Crippen LogP contribution is 2.51. The fourth-order valence-electron chi connectivity index (χ4n) is 12.1. The maximum atomic E-state index is 7.03. The van der Waals surface area contributed by atoms with Crippen LogP contribution in [0.25, 0.3) is 154 Å². The summed E-state index contributed by atoms with van der Waals surface area (Å²) in [5, 5.41) is 13.6. The highest BCUT2D eigenvalue weighted by Gasteiger charge is 2.27. The lowest BCUT2D eigenvalue weighted by atomic mass is 9.83. The van der Waals surface area contributed by atoms with Crippen molar-refractivity contribution in [3.63, 3.8) is 0 Å². The Bertz CT molecular complexity index is 4460. The van der Waals surface area contributed by atoms with Crippen LogP contribution in [-0.2, 0) is 0 Å². The SMILES string of the molecule is Cc1cc(-c2cc3oc4ccccc4c3c3ccccc23)c2c(oc3ccccc32)c1-c1ccc(-c2c(C)cc(-c3cc4oc5ccccc5c4c4ccccc34)c3c2oc2ccccc23)c(C)c1C. The zero-order chi connectivity index (χ0) is 46.5. The molecule has 0 aliphatic heterocycles. The molecule has 4 heteroatoms. The van der Waals surface area contributed by atoms with Crippen molar-refractivity contribution in [2.75, 3.05) is 0 Å². The van der Waals surface area contributed by atoms with Gasteiger partial charge in [0.2, 0.25) is 0 Å². The second-order valence-corrected chi connectivity index (χ2v) is 19.1. The average Bonchev–Trinajstić information content (AvgIpc) is 4.17. The fourth-order valence-corrected chi connectivity index (χ4v) is 12.1. The van der Waals surface area contributed by atoms with E-state index < -0.39 is 0 Å². The lowest BCUT2D eigenvalue weighted by molar-refractivity contribution is 0.668. The van der Waals surface area contributed by atoms with Gasteiger partial charge in [0, 0.05) is 54.2 Å². The number of para-hydroxylation sites is 4. The van der Waals surface area contributed by atoms with Crippen LogP contribution in [0.15, 0.2) is 200 Å². The average molecular weight is 899 g/mol.